The van der Waals surface area contributed by atoms with Crippen LogP contribution in [0.1, 0.15) is 24.2 Å². The van der Waals surface area contributed by atoms with Crippen LogP contribution in [0.25, 0.3) is 0 Å². The zero-order chi connectivity index (χ0) is 16.0. The van der Waals surface area contributed by atoms with Gasteiger partial charge in [-0.1, -0.05) is 19.9 Å². The van der Waals surface area contributed by atoms with Crippen molar-refractivity contribution in [3.63, 3.8) is 0 Å². The van der Waals surface area contributed by atoms with Crippen molar-refractivity contribution in [2.24, 2.45) is 5.92 Å². The minimum absolute atomic E-state index is 0.0727. The molecule has 7 heteroatoms. The number of carbonyl (C=O) groups is 1. The van der Waals surface area contributed by atoms with Crippen molar-refractivity contribution < 1.29 is 18.3 Å². The maximum Gasteiger partial charge on any atom is 0.335 e. The molecular weight excluding hydrogens is 292 g/mol. The Morgan fingerprint density at radius 1 is 1.43 bits per heavy atom. The van der Waals surface area contributed by atoms with Gasteiger partial charge in [-0.05, 0) is 24.1 Å². The Kier molecular flexibility index (Phi) is 5.92. The van der Waals surface area contributed by atoms with Gasteiger partial charge in [-0.3, -0.25) is 0 Å². The minimum Gasteiger partial charge on any atom is -0.478 e. The van der Waals surface area contributed by atoms with Crippen LogP contribution >= 0.6 is 0 Å². The lowest BCUT2D eigenvalue weighted by Crippen LogP contribution is -2.25. The molecule has 116 valence electrons. The van der Waals surface area contributed by atoms with Crippen molar-refractivity contribution in [3.05, 3.63) is 36.4 Å². The van der Waals surface area contributed by atoms with E-state index in [4.69, 9.17) is 5.11 Å². The molecule has 0 atom stereocenters. The number of hydrogen-bond donors (Lipinski definition) is 3. The quantitative estimate of drug-likeness (QED) is 0.637. The fourth-order valence-electron chi connectivity index (χ4n) is 1.58. The second-order valence-electron chi connectivity index (χ2n) is 4.93. The van der Waals surface area contributed by atoms with Gasteiger partial charge in [-0.25, -0.2) is 17.9 Å². The van der Waals surface area contributed by atoms with E-state index in [-0.39, 0.29) is 17.0 Å². The lowest BCUT2D eigenvalue weighted by molar-refractivity contribution is 0.0696. The number of carboxylic acid groups (broad SMARTS) is 1. The summed E-state index contributed by atoms with van der Waals surface area (Å²) in [4.78, 5) is 10.9. The molecule has 0 heterocycles. The topological polar surface area (TPSA) is 95.5 Å². The first-order valence-electron chi connectivity index (χ1n) is 6.49. The Bertz CT molecular complexity index is 624. The first-order valence-corrected chi connectivity index (χ1v) is 7.98. The zero-order valence-electron chi connectivity index (χ0n) is 12.1. The monoisotopic (exact) mass is 312 g/mol. The number of rotatable bonds is 8. The highest BCUT2D eigenvalue weighted by atomic mass is 32.2. The average Bonchev–Trinajstić information content (AvgIpc) is 2.42. The Morgan fingerprint density at radius 2 is 2.10 bits per heavy atom. The maximum absolute atomic E-state index is 12.2. The standard InChI is InChI=1S/C14H20N2O4S/c1-4-7-16-21(19,20)13-8-11(14(17)18)5-6-12(13)15-9-10(2)3/h4-6,8,10,15-16H,1,7,9H2,2-3H3,(H,17,18). The van der Waals surface area contributed by atoms with Crippen molar-refractivity contribution in [1.82, 2.24) is 4.72 Å². The van der Waals surface area contributed by atoms with E-state index >= 15 is 0 Å². The van der Waals surface area contributed by atoms with Gasteiger partial charge in [0.2, 0.25) is 10.0 Å². The smallest absolute Gasteiger partial charge is 0.335 e. The third-order valence-corrected chi connectivity index (χ3v) is 4.10. The molecule has 6 nitrogen and oxygen atoms in total. The number of aromatic carboxylic acids is 1. The van der Waals surface area contributed by atoms with Crippen LogP contribution in [-0.2, 0) is 10.0 Å². The van der Waals surface area contributed by atoms with E-state index < -0.39 is 16.0 Å². The number of benzene rings is 1. The summed E-state index contributed by atoms with van der Waals surface area (Å²) in [6.07, 6.45) is 1.42. The van der Waals surface area contributed by atoms with Gasteiger partial charge in [0, 0.05) is 13.1 Å². The molecule has 0 fully saturated rings. The molecule has 0 amide bonds. The van der Waals surface area contributed by atoms with Crippen molar-refractivity contribution >= 4 is 21.7 Å². The molecule has 1 aromatic rings. The molecule has 0 aliphatic carbocycles. The molecule has 3 N–H and O–H groups in total. The van der Waals surface area contributed by atoms with E-state index in [0.717, 1.165) is 6.07 Å². The van der Waals surface area contributed by atoms with Crippen LogP contribution in [0.3, 0.4) is 0 Å². The van der Waals surface area contributed by atoms with Crippen LogP contribution in [0.4, 0.5) is 5.69 Å². The molecular formula is C14H20N2O4S. The molecule has 0 unspecified atom stereocenters. The van der Waals surface area contributed by atoms with E-state index in [1.165, 1.54) is 18.2 Å². The lowest BCUT2D eigenvalue weighted by atomic mass is 10.2. The van der Waals surface area contributed by atoms with Gasteiger partial charge in [0.1, 0.15) is 4.90 Å². The van der Waals surface area contributed by atoms with Crippen molar-refractivity contribution in [1.29, 1.82) is 0 Å². The summed E-state index contributed by atoms with van der Waals surface area (Å²) < 4.78 is 26.8. The van der Waals surface area contributed by atoms with Gasteiger partial charge in [-0.15, -0.1) is 6.58 Å². The molecule has 0 bridgehead atoms. The lowest BCUT2D eigenvalue weighted by Gasteiger charge is -2.15. The summed E-state index contributed by atoms with van der Waals surface area (Å²) in [7, 11) is -3.80. The summed E-state index contributed by atoms with van der Waals surface area (Å²) in [6, 6.07) is 3.99. The van der Waals surface area contributed by atoms with Crippen LogP contribution < -0.4 is 10.0 Å². The highest BCUT2D eigenvalue weighted by molar-refractivity contribution is 7.89. The SMILES string of the molecule is C=CCNS(=O)(=O)c1cc(C(=O)O)ccc1NCC(C)C. The van der Waals surface area contributed by atoms with Crippen molar-refractivity contribution in [2.45, 2.75) is 18.7 Å². The summed E-state index contributed by atoms with van der Waals surface area (Å²) >= 11 is 0. The van der Waals surface area contributed by atoms with Gasteiger partial charge < -0.3 is 10.4 Å². The molecule has 0 aliphatic heterocycles. The fourth-order valence-corrected chi connectivity index (χ4v) is 2.79. The normalized spacial score (nSPS) is 11.4. The van der Waals surface area contributed by atoms with E-state index in [2.05, 4.69) is 16.6 Å². The first kappa shape index (κ1) is 17.2. The summed E-state index contributed by atoms with van der Waals surface area (Å²) in [5.41, 5.74) is 0.300. The number of nitrogens with one attached hydrogen (secondary N) is 2. The minimum atomic E-state index is -3.80. The van der Waals surface area contributed by atoms with Gasteiger partial charge in [0.15, 0.2) is 0 Å². The molecule has 0 saturated heterocycles. The Morgan fingerprint density at radius 3 is 2.62 bits per heavy atom. The van der Waals surface area contributed by atoms with Crippen molar-refractivity contribution in [2.75, 3.05) is 18.4 Å². The van der Waals surface area contributed by atoms with E-state index in [1.54, 1.807) is 0 Å². The zero-order valence-corrected chi connectivity index (χ0v) is 12.9. The molecule has 1 rings (SSSR count). The predicted octanol–water partition coefficient (Wildman–Crippen LogP) is 1.92. The predicted molar refractivity (Wildman–Crippen MR) is 82.1 cm³/mol. The second-order valence-corrected chi connectivity index (χ2v) is 6.67. The number of hydrogen-bond acceptors (Lipinski definition) is 4. The average molecular weight is 312 g/mol. The van der Waals surface area contributed by atoms with Gasteiger partial charge in [0.05, 0.1) is 11.3 Å². The molecule has 0 aromatic heterocycles. The van der Waals surface area contributed by atoms with Crippen LogP contribution in [0.2, 0.25) is 0 Å². The molecule has 21 heavy (non-hydrogen) atoms. The van der Waals surface area contributed by atoms with Crippen LogP contribution in [0.5, 0.6) is 0 Å². The van der Waals surface area contributed by atoms with E-state index in [1.807, 2.05) is 13.8 Å². The Balaban J connectivity index is 3.25. The molecule has 0 radical (unpaired) electrons. The first-order chi connectivity index (χ1) is 9.77. The number of sulfonamides is 1. The third-order valence-electron chi connectivity index (χ3n) is 2.64. The third kappa shape index (κ3) is 4.87. The highest BCUT2D eigenvalue weighted by Gasteiger charge is 2.20. The maximum atomic E-state index is 12.2. The van der Waals surface area contributed by atoms with Gasteiger partial charge in [-0.2, -0.15) is 0 Å². The largest absolute Gasteiger partial charge is 0.478 e. The van der Waals surface area contributed by atoms with E-state index in [0.29, 0.717) is 18.2 Å². The highest BCUT2D eigenvalue weighted by Crippen LogP contribution is 2.23. The molecule has 1 aromatic carbocycles. The molecule has 0 saturated carbocycles. The Labute approximate surface area is 124 Å². The molecule has 0 spiro atoms. The van der Waals surface area contributed by atoms with Crippen LogP contribution in [0.15, 0.2) is 35.7 Å². The fraction of sp³-hybridized carbons (Fsp3) is 0.357. The Hall–Kier alpha value is -1.86. The van der Waals surface area contributed by atoms with Gasteiger partial charge >= 0.3 is 5.97 Å². The second kappa shape index (κ2) is 7.24. The van der Waals surface area contributed by atoms with E-state index in [9.17, 15) is 13.2 Å². The van der Waals surface area contributed by atoms with Crippen molar-refractivity contribution in [3.8, 4) is 0 Å². The number of carboxylic acids is 1. The summed E-state index contributed by atoms with van der Waals surface area (Å²) in [5.74, 6) is -0.855. The van der Waals surface area contributed by atoms with Crippen LogP contribution in [-0.4, -0.2) is 32.6 Å². The summed E-state index contributed by atoms with van der Waals surface area (Å²) in [5, 5.41) is 12.0. The summed E-state index contributed by atoms with van der Waals surface area (Å²) in [6.45, 7) is 8.08. The van der Waals surface area contributed by atoms with Gasteiger partial charge in [0.25, 0.3) is 0 Å². The van der Waals surface area contributed by atoms with Crippen LogP contribution in [0, 0.1) is 5.92 Å². The number of anilines is 1. The molecule has 0 aliphatic rings.